The molecule has 0 radical (unpaired) electrons. The van der Waals surface area contributed by atoms with Crippen LogP contribution in [-0.2, 0) is 16.0 Å². The van der Waals surface area contributed by atoms with Gasteiger partial charge in [0.15, 0.2) is 5.78 Å². The Morgan fingerprint density at radius 1 is 1.10 bits per heavy atom. The van der Waals surface area contributed by atoms with Crippen LogP contribution in [0.1, 0.15) is 35.3 Å². The number of hydrogen-bond acceptors (Lipinski definition) is 6. The van der Waals surface area contributed by atoms with E-state index in [1.165, 1.54) is 11.8 Å². The molecule has 0 spiro atoms. The van der Waals surface area contributed by atoms with Crippen LogP contribution in [0.3, 0.4) is 0 Å². The molecule has 2 aromatic carbocycles. The molecule has 1 aliphatic rings. The summed E-state index contributed by atoms with van der Waals surface area (Å²) < 4.78 is 5.45. The van der Waals surface area contributed by atoms with Gasteiger partial charge >= 0.3 is 5.97 Å². The number of carbonyl (C=O) groups excluding carboxylic acids is 2. The summed E-state index contributed by atoms with van der Waals surface area (Å²) >= 11 is 0. The zero-order chi connectivity index (χ0) is 28.4. The van der Waals surface area contributed by atoms with Gasteiger partial charge in [-0.2, -0.15) is 0 Å². The molecule has 0 atom stereocenters. The molecule has 7 nitrogen and oxygen atoms in total. The number of ether oxygens (including phenoxy) is 1. The number of aromatic nitrogens is 2. The Hall–Kier alpha value is -4.23. The number of pyridine rings is 1. The minimum absolute atomic E-state index is 0.0284. The molecule has 4 aromatic rings. The number of ketones is 1. The largest absolute Gasteiger partial charge is 0.459 e. The molecule has 0 saturated carbocycles. The average molecular weight is 537 g/mol. The van der Waals surface area contributed by atoms with Gasteiger partial charge < -0.3 is 19.5 Å². The van der Waals surface area contributed by atoms with E-state index in [-0.39, 0.29) is 18.3 Å². The van der Waals surface area contributed by atoms with E-state index in [1.54, 1.807) is 6.20 Å². The fraction of sp³-hybridized carbons (Fsp3) is 0.303. The second kappa shape index (κ2) is 11.5. The van der Waals surface area contributed by atoms with Crippen molar-refractivity contribution >= 4 is 28.5 Å². The molecule has 0 bridgehead atoms. The highest BCUT2D eigenvalue weighted by atomic mass is 16.5. The summed E-state index contributed by atoms with van der Waals surface area (Å²) in [5.41, 5.74) is 8.08. The van der Waals surface area contributed by atoms with Gasteiger partial charge in [0.2, 0.25) is 0 Å². The van der Waals surface area contributed by atoms with Crippen molar-refractivity contribution in [3.63, 3.8) is 0 Å². The number of benzene rings is 2. The summed E-state index contributed by atoms with van der Waals surface area (Å²) in [5.74, 6) is -0.434. The average Bonchev–Trinajstić information content (AvgIpc) is 3.33. The predicted octanol–water partition coefficient (Wildman–Crippen LogP) is 5.82. The lowest BCUT2D eigenvalue weighted by Crippen LogP contribution is -2.44. The van der Waals surface area contributed by atoms with Gasteiger partial charge in [-0.05, 0) is 74.3 Å². The van der Waals surface area contributed by atoms with Gasteiger partial charge in [-0.25, -0.2) is 9.78 Å². The van der Waals surface area contributed by atoms with E-state index in [0.717, 1.165) is 65.1 Å². The fourth-order valence-electron chi connectivity index (χ4n) is 5.27. The lowest BCUT2D eigenvalue weighted by molar-refractivity contribution is -0.114. The van der Waals surface area contributed by atoms with Gasteiger partial charge in [-0.1, -0.05) is 36.9 Å². The van der Waals surface area contributed by atoms with Gasteiger partial charge in [0.05, 0.1) is 17.4 Å². The number of allylic oxidation sites excluding steroid dienone is 1. The van der Waals surface area contributed by atoms with E-state index in [4.69, 9.17) is 4.74 Å². The Morgan fingerprint density at radius 2 is 1.82 bits per heavy atom. The summed E-state index contributed by atoms with van der Waals surface area (Å²) in [4.78, 5) is 37.9. The smallest absolute Gasteiger partial charge is 0.339 e. The summed E-state index contributed by atoms with van der Waals surface area (Å²) in [7, 11) is 2.16. The molecule has 2 aromatic heterocycles. The van der Waals surface area contributed by atoms with E-state index in [2.05, 4.69) is 63.7 Å². The van der Waals surface area contributed by atoms with Crippen LogP contribution >= 0.6 is 0 Å². The zero-order valence-corrected chi connectivity index (χ0v) is 23.7. The molecule has 40 heavy (non-hydrogen) atoms. The van der Waals surface area contributed by atoms with E-state index >= 15 is 0 Å². The van der Waals surface area contributed by atoms with E-state index in [1.807, 2.05) is 39.0 Å². The number of anilines is 1. The number of carbonyl (C=O) groups is 2. The molecule has 3 heterocycles. The summed E-state index contributed by atoms with van der Waals surface area (Å²) in [5, 5.41) is 0.826. The number of nitrogens with one attached hydrogen (secondary N) is 1. The van der Waals surface area contributed by atoms with Crippen LogP contribution in [0.25, 0.3) is 33.4 Å². The van der Waals surface area contributed by atoms with Crippen LogP contribution in [0.5, 0.6) is 0 Å². The van der Waals surface area contributed by atoms with Crippen molar-refractivity contribution in [3.8, 4) is 22.4 Å². The third-order valence-corrected chi connectivity index (χ3v) is 7.56. The van der Waals surface area contributed by atoms with E-state index in [0.29, 0.717) is 11.2 Å². The SMILES string of the molecule is C=CC(=O)Cc1cccc(-c2c(-c3ccc(N4CCN(C)CC4)cc3)[nH]c3ncc(C(=O)OC(C)C)cc23)c1C. The number of likely N-dealkylation sites (N-methyl/N-ethyl adjacent to an activating group) is 1. The van der Waals surface area contributed by atoms with Crippen molar-refractivity contribution in [1.29, 1.82) is 0 Å². The van der Waals surface area contributed by atoms with Crippen molar-refractivity contribution in [2.24, 2.45) is 0 Å². The first-order chi connectivity index (χ1) is 19.2. The standard InChI is InChI=1S/C33H36N4O3/c1-6-27(38)18-24-8-7-9-28(22(24)4)30-29-19-25(33(39)40-21(2)3)20-34-32(29)35-31(30)23-10-12-26(13-11-23)37-16-14-36(5)15-17-37/h6-13,19-21H,1,14-18H2,2-5H3,(H,34,35). The van der Waals surface area contributed by atoms with Crippen molar-refractivity contribution < 1.29 is 14.3 Å². The van der Waals surface area contributed by atoms with Gasteiger partial charge in [0.25, 0.3) is 0 Å². The highest BCUT2D eigenvalue weighted by Gasteiger charge is 2.22. The maximum absolute atomic E-state index is 12.8. The van der Waals surface area contributed by atoms with Crippen LogP contribution in [0.2, 0.25) is 0 Å². The Balaban J connectivity index is 1.64. The number of fused-ring (bicyclic) bond motifs is 1. The second-order valence-corrected chi connectivity index (χ2v) is 10.7. The third-order valence-electron chi connectivity index (χ3n) is 7.56. The Morgan fingerprint density at radius 3 is 2.50 bits per heavy atom. The molecular formula is C33H36N4O3. The quantitative estimate of drug-likeness (QED) is 0.226. The Bertz CT molecular complexity index is 1560. The van der Waals surface area contributed by atoms with Crippen molar-refractivity contribution in [2.45, 2.75) is 33.3 Å². The number of aromatic amines is 1. The molecule has 0 aliphatic carbocycles. The maximum atomic E-state index is 12.8. The zero-order valence-electron chi connectivity index (χ0n) is 23.7. The highest BCUT2D eigenvalue weighted by Crippen LogP contribution is 2.40. The predicted molar refractivity (Wildman–Crippen MR) is 161 cm³/mol. The number of hydrogen-bond donors (Lipinski definition) is 1. The molecular weight excluding hydrogens is 500 g/mol. The lowest BCUT2D eigenvalue weighted by Gasteiger charge is -2.34. The van der Waals surface area contributed by atoms with Crippen LogP contribution in [0.15, 0.2) is 67.4 Å². The second-order valence-electron chi connectivity index (χ2n) is 10.7. The first kappa shape index (κ1) is 27.3. The molecule has 0 unspecified atom stereocenters. The van der Waals surface area contributed by atoms with Crippen LogP contribution in [0, 0.1) is 6.92 Å². The van der Waals surface area contributed by atoms with E-state index < -0.39 is 5.97 Å². The first-order valence-electron chi connectivity index (χ1n) is 13.8. The highest BCUT2D eigenvalue weighted by molar-refractivity contribution is 6.06. The van der Waals surface area contributed by atoms with E-state index in [9.17, 15) is 9.59 Å². The minimum atomic E-state index is -0.406. The van der Waals surface area contributed by atoms with Crippen molar-refractivity contribution in [1.82, 2.24) is 14.9 Å². The van der Waals surface area contributed by atoms with Gasteiger partial charge in [0, 0.05) is 55.4 Å². The Kier molecular flexibility index (Phi) is 7.85. The Labute approximate surface area is 235 Å². The van der Waals surface area contributed by atoms with Gasteiger partial charge in [-0.3, -0.25) is 4.79 Å². The van der Waals surface area contributed by atoms with Crippen LogP contribution < -0.4 is 4.90 Å². The molecule has 206 valence electrons. The van der Waals surface area contributed by atoms with Crippen LogP contribution in [-0.4, -0.2) is 66.0 Å². The van der Waals surface area contributed by atoms with Gasteiger partial charge in [0.1, 0.15) is 5.65 Å². The molecule has 0 amide bonds. The van der Waals surface area contributed by atoms with Gasteiger partial charge in [-0.15, -0.1) is 0 Å². The summed E-state index contributed by atoms with van der Waals surface area (Å²) in [6.07, 6.45) is 2.97. The molecule has 5 rings (SSSR count). The summed E-state index contributed by atoms with van der Waals surface area (Å²) in [6, 6.07) is 16.5. The normalized spacial score (nSPS) is 14.1. The summed E-state index contributed by atoms with van der Waals surface area (Å²) in [6.45, 7) is 13.4. The number of rotatable bonds is 8. The molecule has 1 fully saturated rings. The molecule has 1 saturated heterocycles. The number of esters is 1. The number of nitrogens with zero attached hydrogens (tertiary/aromatic N) is 3. The fourth-order valence-corrected chi connectivity index (χ4v) is 5.27. The number of H-pyrrole nitrogens is 1. The van der Waals surface area contributed by atoms with Crippen LogP contribution in [0.4, 0.5) is 5.69 Å². The maximum Gasteiger partial charge on any atom is 0.339 e. The molecule has 1 aliphatic heterocycles. The molecule has 7 heteroatoms. The monoisotopic (exact) mass is 536 g/mol. The van der Waals surface area contributed by atoms with Crippen molar-refractivity contribution in [3.05, 3.63) is 84.1 Å². The number of piperazine rings is 1. The first-order valence-corrected chi connectivity index (χ1v) is 13.8. The minimum Gasteiger partial charge on any atom is -0.459 e. The lowest BCUT2D eigenvalue weighted by atomic mass is 9.91. The van der Waals surface area contributed by atoms with Crippen molar-refractivity contribution in [2.75, 3.05) is 38.1 Å². The molecule has 1 N–H and O–H groups in total. The third kappa shape index (κ3) is 5.56. The topological polar surface area (TPSA) is 78.5 Å².